The SMILES string of the molecule is Cc1ccc(NC(=O)[C@H]2C[C@@H]3CC[C@@H]2C3)nc1. The summed E-state index contributed by atoms with van der Waals surface area (Å²) in [6.07, 6.45) is 6.71. The van der Waals surface area contributed by atoms with E-state index in [0.717, 1.165) is 17.9 Å². The molecule has 2 bridgehead atoms. The molecule has 1 aromatic heterocycles. The number of fused-ring (bicyclic) bond motifs is 2. The highest BCUT2D eigenvalue weighted by atomic mass is 16.2. The van der Waals surface area contributed by atoms with Crippen molar-refractivity contribution in [2.24, 2.45) is 17.8 Å². The Kier molecular flexibility index (Phi) is 2.61. The van der Waals surface area contributed by atoms with Crippen LogP contribution in [0.1, 0.15) is 31.2 Å². The smallest absolute Gasteiger partial charge is 0.228 e. The van der Waals surface area contributed by atoms with Crippen molar-refractivity contribution < 1.29 is 4.79 Å². The summed E-state index contributed by atoms with van der Waals surface area (Å²) < 4.78 is 0. The number of nitrogens with zero attached hydrogens (tertiary/aromatic N) is 1. The first kappa shape index (κ1) is 10.8. The minimum atomic E-state index is 0.175. The number of rotatable bonds is 2. The van der Waals surface area contributed by atoms with Gasteiger partial charge in [0, 0.05) is 12.1 Å². The molecule has 2 aliphatic rings. The number of carbonyl (C=O) groups excluding carboxylic acids is 1. The molecule has 0 spiro atoms. The van der Waals surface area contributed by atoms with Crippen LogP contribution in [0.15, 0.2) is 18.3 Å². The van der Waals surface area contributed by atoms with Crippen LogP contribution in [-0.4, -0.2) is 10.9 Å². The minimum Gasteiger partial charge on any atom is -0.310 e. The Morgan fingerprint density at radius 2 is 2.24 bits per heavy atom. The molecular weight excluding hydrogens is 212 g/mol. The zero-order chi connectivity index (χ0) is 11.8. The lowest BCUT2D eigenvalue weighted by molar-refractivity contribution is -0.121. The maximum absolute atomic E-state index is 12.1. The van der Waals surface area contributed by atoms with Crippen molar-refractivity contribution >= 4 is 11.7 Å². The Morgan fingerprint density at radius 1 is 1.35 bits per heavy atom. The van der Waals surface area contributed by atoms with Crippen LogP contribution in [0.25, 0.3) is 0 Å². The Hall–Kier alpha value is -1.38. The largest absolute Gasteiger partial charge is 0.310 e. The van der Waals surface area contributed by atoms with E-state index in [1.165, 1.54) is 19.3 Å². The molecule has 2 saturated carbocycles. The Bertz CT molecular complexity index is 426. The van der Waals surface area contributed by atoms with Gasteiger partial charge in [-0.25, -0.2) is 4.98 Å². The molecular formula is C14H18N2O. The number of nitrogens with one attached hydrogen (secondary N) is 1. The molecule has 0 aliphatic heterocycles. The van der Waals surface area contributed by atoms with Crippen LogP contribution in [0, 0.1) is 24.7 Å². The van der Waals surface area contributed by atoms with Crippen LogP contribution < -0.4 is 5.32 Å². The second-order valence-electron chi connectivity index (χ2n) is 5.49. The predicted molar refractivity (Wildman–Crippen MR) is 66.5 cm³/mol. The monoisotopic (exact) mass is 230 g/mol. The lowest BCUT2D eigenvalue weighted by Gasteiger charge is -2.20. The van der Waals surface area contributed by atoms with Crippen molar-refractivity contribution in [3.05, 3.63) is 23.9 Å². The lowest BCUT2D eigenvalue weighted by atomic mass is 9.88. The molecule has 1 amide bonds. The summed E-state index contributed by atoms with van der Waals surface area (Å²) in [7, 11) is 0. The van der Waals surface area contributed by atoms with Crippen molar-refractivity contribution in [3.63, 3.8) is 0 Å². The third kappa shape index (κ3) is 2.06. The number of aromatic nitrogens is 1. The molecule has 3 atom stereocenters. The maximum atomic E-state index is 12.1. The molecule has 3 rings (SSSR count). The number of hydrogen-bond donors (Lipinski definition) is 1. The summed E-state index contributed by atoms with van der Waals surface area (Å²) in [6.45, 7) is 1.99. The summed E-state index contributed by atoms with van der Waals surface area (Å²) >= 11 is 0. The zero-order valence-corrected chi connectivity index (χ0v) is 10.1. The molecule has 0 aromatic carbocycles. The van der Waals surface area contributed by atoms with Gasteiger partial charge in [-0.2, -0.15) is 0 Å². The van der Waals surface area contributed by atoms with E-state index in [1.807, 2.05) is 19.1 Å². The van der Waals surface area contributed by atoms with E-state index < -0.39 is 0 Å². The van der Waals surface area contributed by atoms with E-state index in [1.54, 1.807) is 6.20 Å². The second kappa shape index (κ2) is 4.13. The minimum absolute atomic E-state index is 0.175. The quantitative estimate of drug-likeness (QED) is 0.848. The molecule has 1 aromatic rings. The summed E-state index contributed by atoms with van der Waals surface area (Å²) in [4.78, 5) is 16.4. The molecule has 0 unspecified atom stereocenters. The summed E-state index contributed by atoms with van der Waals surface area (Å²) in [5, 5.41) is 2.95. The van der Waals surface area contributed by atoms with Gasteiger partial charge in [0.2, 0.25) is 5.91 Å². The first-order chi connectivity index (χ1) is 8.22. The number of hydrogen-bond acceptors (Lipinski definition) is 2. The van der Waals surface area contributed by atoms with Crippen LogP contribution in [0.5, 0.6) is 0 Å². The number of amides is 1. The molecule has 2 aliphatic carbocycles. The average Bonchev–Trinajstić information content (AvgIpc) is 2.94. The van der Waals surface area contributed by atoms with Gasteiger partial charge in [0.1, 0.15) is 5.82 Å². The summed E-state index contributed by atoms with van der Waals surface area (Å²) in [6, 6.07) is 3.85. The van der Waals surface area contributed by atoms with E-state index in [2.05, 4.69) is 10.3 Å². The zero-order valence-electron chi connectivity index (χ0n) is 10.1. The van der Waals surface area contributed by atoms with Gasteiger partial charge in [-0.05, 0) is 49.7 Å². The summed E-state index contributed by atoms with van der Waals surface area (Å²) in [5.41, 5.74) is 1.11. The van der Waals surface area contributed by atoms with Gasteiger partial charge >= 0.3 is 0 Å². The van der Waals surface area contributed by atoms with Crippen LogP contribution in [0.3, 0.4) is 0 Å². The van der Waals surface area contributed by atoms with Crippen LogP contribution in [-0.2, 0) is 4.79 Å². The lowest BCUT2D eigenvalue weighted by Crippen LogP contribution is -2.27. The molecule has 17 heavy (non-hydrogen) atoms. The van der Waals surface area contributed by atoms with E-state index in [0.29, 0.717) is 11.7 Å². The van der Waals surface area contributed by atoms with Crippen LogP contribution in [0.4, 0.5) is 5.82 Å². The van der Waals surface area contributed by atoms with E-state index in [9.17, 15) is 4.79 Å². The van der Waals surface area contributed by atoms with Crippen molar-refractivity contribution in [2.75, 3.05) is 5.32 Å². The fourth-order valence-corrected chi connectivity index (χ4v) is 3.33. The third-order valence-corrected chi connectivity index (χ3v) is 4.24. The van der Waals surface area contributed by atoms with Gasteiger partial charge in [0.15, 0.2) is 0 Å². The highest BCUT2D eigenvalue weighted by molar-refractivity contribution is 5.92. The van der Waals surface area contributed by atoms with E-state index >= 15 is 0 Å². The maximum Gasteiger partial charge on any atom is 0.228 e. The Labute approximate surface area is 102 Å². The number of anilines is 1. The van der Waals surface area contributed by atoms with Crippen molar-refractivity contribution in [2.45, 2.75) is 32.6 Å². The highest BCUT2D eigenvalue weighted by Crippen LogP contribution is 2.48. The number of pyridine rings is 1. The van der Waals surface area contributed by atoms with Crippen molar-refractivity contribution in [3.8, 4) is 0 Å². The van der Waals surface area contributed by atoms with Crippen LogP contribution >= 0.6 is 0 Å². The number of carbonyl (C=O) groups is 1. The van der Waals surface area contributed by atoms with Crippen molar-refractivity contribution in [1.29, 1.82) is 0 Å². The molecule has 2 fully saturated rings. The molecule has 1 heterocycles. The average molecular weight is 230 g/mol. The van der Waals surface area contributed by atoms with Gasteiger partial charge < -0.3 is 5.32 Å². The van der Waals surface area contributed by atoms with E-state index in [4.69, 9.17) is 0 Å². The van der Waals surface area contributed by atoms with E-state index in [-0.39, 0.29) is 11.8 Å². The van der Waals surface area contributed by atoms with Crippen LogP contribution in [0.2, 0.25) is 0 Å². The van der Waals surface area contributed by atoms with Gasteiger partial charge in [-0.15, -0.1) is 0 Å². The predicted octanol–water partition coefficient (Wildman–Crippen LogP) is 2.76. The molecule has 0 saturated heterocycles. The Morgan fingerprint density at radius 3 is 2.82 bits per heavy atom. The molecule has 3 heteroatoms. The highest BCUT2D eigenvalue weighted by Gasteiger charge is 2.43. The first-order valence-corrected chi connectivity index (χ1v) is 6.46. The van der Waals surface area contributed by atoms with Gasteiger partial charge in [0.25, 0.3) is 0 Å². The first-order valence-electron chi connectivity index (χ1n) is 6.46. The van der Waals surface area contributed by atoms with Gasteiger partial charge in [-0.3, -0.25) is 4.79 Å². The molecule has 3 nitrogen and oxygen atoms in total. The standard InChI is InChI=1S/C14H18N2O/c1-9-2-5-13(15-8-9)16-14(17)12-7-10-3-4-11(12)6-10/h2,5,8,10-12H,3-4,6-7H2,1H3,(H,15,16,17)/t10-,11-,12+/m1/s1. The third-order valence-electron chi connectivity index (χ3n) is 4.24. The molecule has 90 valence electrons. The normalized spacial score (nSPS) is 30.5. The fraction of sp³-hybridized carbons (Fsp3) is 0.571. The summed E-state index contributed by atoms with van der Waals surface area (Å²) in [5.74, 6) is 2.53. The van der Waals surface area contributed by atoms with Crippen molar-refractivity contribution in [1.82, 2.24) is 4.98 Å². The fourth-order valence-electron chi connectivity index (χ4n) is 3.33. The second-order valence-corrected chi connectivity index (χ2v) is 5.49. The van der Waals surface area contributed by atoms with Gasteiger partial charge in [-0.1, -0.05) is 12.5 Å². The number of aryl methyl sites for hydroxylation is 1. The van der Waals surface area contributed by atoms with Gasteiger partial charge in [0.05, 0.1) is 0 Å². The molecule has 1 N–H and O–H groups in total. The topological polar surface area (TPSA) is 42.0 Å². The Balaban J connectivity index is 1.65. The molecule has 0 radical (unpaired) electrons.